The van der Waals surface area contributed by atoms with E-state index in [0.717, 1.165) is 38.0 Å². The van der Waals surface area contributed by atoms with Gasteiger partial charge in [-0.05, 0) is 43.3 Å². The van der Waals surface area contributed by atoms with Crippen molar-refractivity contribution in [2.24, 2.45) is 17.8 Å². The highest BCUT2D eigenvalue weighted by Crippen LogP contribution is 2.29. The van der Waals surface area contributed by atoms with E-state index in [9.17, 15) is 4.79 Å². The van der Waals surface area contributed by atoms with Crippen LogP contribution in [0.1, 0.15) is 58.8 Å². The zero-order valence-corrected chi connectivity index (χ0v) is 13.4. The summed E-state index contributed by atoms with van der Waals surface area (Å²) in [5, 5.41) is 3.89. The summed E-state index contributed by atoms with van der Waals surface area (Å²) in [5.74, 6) is 1.60. The van der Waals surface area contributed by atoms with Gasteiger partial charge in [-0.3, -0.25) is 15.6 Å². The van der Waals surface area contributed by atoms with E-state index in [4.69, 9.17) is 12.2 Å². The van der Waals surface area contributed by atoms with Gasteiger partial charge in [0, 0.05) is 12.0 Å². The first-order chi connectivity index (χ1) is 9.58. The molecule has 0 aromatic rings. The van der Waals surface area contributed by atoms with Crippen LogP contribution in [0.15, 0.2) is 0 Å². The summed E-state index contributed by atoms with van der Waals surface area (Å²) in [5.41, 5.74) is 5.61. The summed E-state index contributed by atoms with van der Waals surface area (Å²) >= 11 is 5.28. The van der Waals surface area contributed by atoms with Crippen molar-refractivity contribution in [1.82, 2.24) is 16.2 Å². The summed E-state index contributed by atoms with van der Waals surface area (Å²) in [6, 6.07) is 0.419. The summed E-state index contributed by atoms with van der Waals surface area (Å²) in [4.78, 5) is 11.9. The number of carbonyl (C=O) groups excluding carboxylic acids is 1. The molecule has 2 aliphatic carbocycles. The molecule has 3 N–H and O–H groups in total. The smallest absolute Gasteiger partial charge is 0.241 e. The van der Waals surface area contributed by atoms with E-state index in [1.807, 2.05) is 0 Å². The molecular formula is C15H27N3OS. The lowest BCUT2D eigenvalue weighted by molar-refractivity contribution is -0.125. The Balaban J connectivity index is 1.70. The first-order valence-electron chi connectivity index (χ1n) is 7.94. The van der Waals surface area contributed by atoms with E-state index in [1.165, 1.54) is 12.8 Å². The number of thiocarbonyl (C=S) groups is 1. The van der Waals surface area contributed by atoms with Gasteiger partial charge in [-0.1, -0.05) is 39.5 Å². The maximum atomic E-state index is 11.9. The minimum absolute atomic E-state index is 0.0803. The second-order valence-electron chi connectivity index (χ2n) is 6.44. The van der Waals surface area contributed by atoms with Gasteiger partial charge in [0.25, 0.3) is 0 Å². The molecule has 0 unspecified atom stereocenters. The fourth-order valence-electron chi connectivity index (χ4n) is 3.40. The number of hydrazine groups is 1. The normalized spacial score (nSPS) is 30.8. The third-order valence-electron chi connectivity index (χ3n) is 5.05. The Morgan fingerprint density at radius 2 is 1.70 bits per heavy atom. The first kappa shape index (κ1) is 15.5. The molecule has 0 radical (unpaired) electrons. The Hall–Kier alpha value is -0.840. The second kappa shape index (κ2) is 7.25. The molecule has 2 aliphatic rings. The molecule has 0 aliphatic heterocycles. The molecule has 2 saturated carbocycles. The number of hydrogen-bond acceptors (Lipinski definition) is 2. The van der Waals surface area contributed by atoms with E-state index >= 15 is 0 Å². The summed E-state index contributed by atoms with van der Waals surface area (Å²) < 4.78 is 0. The standard InChI is InChI=1S/C15H27N3OS/c1-10-6-5-9-13(11(10)2)16-15(20)18-17-14(19)12-7-3-4-8-12/h10-13H,3-9H2,1-2H3,(H,17,19)(H2,16,18,20)/t10-,11-,13-/m1/s1. The highest BCUT2D eigenvalue weighted by Gasteiger charge is 2.27. The molecule has 0 saturated heterocycles. The van der Waals surface area contributed by atoms with Gasteiger partial charge < -0.3 is 5.32 Å². The lowest BCUT2D eigenvalue weighted by atomic mass is 9.78. The molecule has 0 bridgehead atoms. The van der Waals surface area contributed by atoms with Crippen LogP contribution in [-0.4, -0.2) is 17.1 Å². The van der Waals surface area contributed by atoms with Crippen LogP contribution in [0.25, 0.3) is 0 Å². The van der Waals surface area contributed by atoms with Gasteiger partial charge in [-0.2, -0.15) is 0 Å². The lowest BCUT2D eigenvalue weighted by Gasteiger charge is -2.35. The number of nitrogens with one attached hydrogen (secondary N) is 3. The van der Waals surface area contributed by atoms with Crippen molar-refractivity contribution in [3.05, 3.63) is 0 Å². The average Bonchev–Trinajstić information content (AvgIpc) is 2.95. The van der Waals surface area contributed by atoms with Crippen molar-refractivity contribution >= 4 is 23.2 Å². The Labute approximate surface area is 127 Å². The van der Waals surface area contributed by atoms with Crippen molar-refractivity contribution in [3.63, 3.8) is 0 Å². The molecule has 2 rings (SSSR count). The van der Waals surface area contributed by atoms with E-state index in [-0.39, 0.29) is 11.8 Å². The minimum atomic E-state index is 0.0803. The second-order valence-corrected chi connectivity index (χ2v) is 6.85. The minimum Gasteiger partial charge on any atom is -0.358 e. The van der Waals surface area contributed by atoms with Crippen molar-refractivity contribution in [2.75, 3.05) is 0 Å². The van der Waals surface area contributed by atoms with Crippen LogP contribution in [-0.2, 0) is 4.79 Å². The lowest BCUT2D eigenvalue weighted by Crippen LogP contribution is -2.53. The third kappa shape index (κ3) is 4.08. The SMILES string of the molecule is C[C@@H]1[C@H](C)CCC[C@H]1NC(=S)NNC(=O)C1CCCC1. The average molecular weight is 297 g/mol. The third-order valence-corrected chi connectivity index (χ3v) is 5.27. The van der Waals surface area contributed by atoms with Crippen molar-refractivity contribution in [1.29, 1.82) is 0 Å². The predicted molar refractivity (Wildman–Crippen MR) is 84.9 cm³/mol. The molecule has 20 heavy (non-hydrogen) atoms. The van der Waals surface area contributed by atoms with Crippen LogP contribution in [0.3, 0.4) is 0 Å². The van der Waals surface area contributed by atoms with Crippen LogP contribution < -0.4 is 16.2 Å². The molecule has 1 amide bonds. The van der Waals surface area contributed by atoms with Gasteiger partial charge in [0.2, 0.25) is 5.91 Å². The fourth-order valence-corrected chi connectivity index (χ4v) is 3.60. The Kier molecular flexibility index (Phi) is 5.64. The van der Waals surface area contributed by atoms with Gasteiger partial charge in [-0.25, -0.2) is 0 Å². The van der Waals surface area contributed by atoms with E-state index in [0.29, 0.717) is 17.1 Å². The van der Waals surface area contributed by atoms with Gasteiger partial charge in [-0.15, -0.1) is 0 Å². The van der Waals surface area contributed by atoms with Crippen LogP contribution >= 0.6 is 12.2 Å². The van der Waals surface area contributed by atoms with E-state index in [2.05, 4.69) is 30.0 Å². The highest BCUT2D eigenvalue weighted by atomic mass is 32.1. The van der Waals surface area contributed by atoms with Crippen LogP contribution in [0.4, 0.5) is 0 Å². The molecule has 4 nitrogen and oxygen atoms in total. The summed E-state index contributed by atoms with van der Waals surface area (Å²) in [6.45, 7) is 4.58. The van der Waals surface area contributed by atoms with E-state index < -0.39 is 0 Å². The van der Waals surface area contributed by atoms with Gasteiger partial charge in [0.1, 0.15) is 0 Å². The first-order valence-corrected chi connectivity index (χ1v) is 8.35. The van der Waals surface area contributed by atoms with Gasteiger partial charge in [0.15, 0.2) is 5.11 Å². The topological polar surface area (TPSA) is 53.2 Å². The molecule has 0 aromatic carbocycles. The fraction of sp³-hybridized carbons (Fsp3) is 0.867. The Morgan fingerprint density at radius 3 is 2.40 bits per heavy atom. The number of carbonyl (C=O) groups is 1. The highest BCUT2D eigenvalue weighted by molar-refractivity contribution is 7.80. The quantitative estimate of drug-likeness (QED) is 0.541. The molecule has 0 spiro atoms. The van der Waals surface area contributed by atoms with Crippen LogP contribution in [0.5, 0.6) is 0 Å². The zero-order valence-electron chi connectivity index (χ0n) is 12.6. The van der Waals surface area contributed by atoms with Crippen molar-refractivity contribution in [2.45, 2.75) is 64.8 Å². The molecule has 3 atom stereocenters. The number of rotatable bonds is 2. The number of hydrogen-bond donors (Lipinski definition) is 3. The van der Waals surface area contributed by atoms with Crippen molar-refractivity contribution < 1.29 is 4.79 Å². The van der Waals surface area contributed by atoms with Crippen molar-refractivity contribution in [3.8, 4) is 0 Å². The molecule has 0 heterocycles. The Morgan fingerprint density at radius 1 is 1.00 bits per heavy atom. The predicted octanol–water partition coefficient (Wildman–Crippen LogP) is 2.50. The summed E-state index contributed by atoms with van der Waals surface area (Å²) in [6.07, 6.45) is 8.05. The van der Waals surface area contributed by atoms with Gasteiger partial charge in [0.05, 0.1) is 0 Å². The monoisotopic (exact) mass is 297 g/mol. The molecule has 114 valence electrons. The number of amides is 1. The molecule has 2 fully saturated rings. The summed E-state index contributed by atoms with van der Waals surface area (Å²) in [7, 11) is 0. The molecular weight excluding hydrogens is 270 g/mol. The van der Waals surface area contributed by atoms with Crippen LogP contribution in [0, 0.1) is 17.8 Å². The maximum absolute atomic E-state index is 11.9. The molecule has 0 aromatic heterocycles. The zero-order chi connectivity index (χ0) is 14.5. The molecule has 5 heteroatoms. The Bertz CT molecular complexity index is 355. The van der Waals surface area contributed by atoms with Gasteiger partial charge >= 0.3 is 0 Å². The maximum Gasteiger partial charge on any atom is 0.241 e. The largest absolute Gasteiger partial charge is 0.358 e. The van der Waals surface area contributed by atoms with Crippen LogP contribution in [0.2, 0.25) is 0 Å². The van der Waals surface area contributed by atoms with E-state index in [1.54, 1.807) is 0 Å².